The molecule has 0 unspecified atom stereocenters. The van der Waals surface area contributed by atoms with E-state index in [1.807, 2.05) is 45.0 Å². The summed E-state index contributed by atoms with van der Waals surface area (Å²) in [4.78, 5) is 13.0. The van der Waals surface area contributed by atoms with Crippen molar-refractivity contribution in [3.8, 4) is 0 Å². The Morgan fingerprint density at radius 2 is 1.86 bits per heavy atom. The lowest BCUT2D eigenvalue weighted by Gasteiger charge is -2.14. The van der Waals surface area contributed by atoms with E-state index in [-0.39, 0.29) is 11.0 Å². The van der Waals surface area contributed by atoms with Crippen LogP contribution in [0.3, 0.4) is 0 Å². The van der Waals surface area contributed by atoms with Crippen LogP contribution in [0.15, 0.2) is 29.1 Å². The minimum atomic E-state index is -0.355. The molecule has 7 heteroatoms. The maximum Gasteiger partial charge on any atom is 0.297 e. The number of fused-ring (bicyclic) bond motifs is 1. The molecule has 1 aromatic carbocycles. The molecule has 22 heavy (non-hydrogen) atoms. The molecule has 0 aliphatic rings. The van der Waals surface area contributed by atoms with Crippen molar-refractivity contribution in [1.29, 1.82) is 0 Å². The fraction of sp³-hybridized carbons (Fsp3) is 0.333. The highest BCUT2D eigenvalue weighted by atomic mass is 32.1. The highest BCUT2D eigenvalue weighted by Crippen LogP contribution is 2.19. The molecule has 3 aromatic rings. The van der Waals surface area contributed by atoms with E-state index >= 15 is 0 Å². The number of benzene rings is 1. The van der Waals surface area contributed by atoms with Crippen molar-refractivity contribution in [1.82, 2.24) is 19.8 Å². The third-order valence-corrected chi connectivity index (χ3v) is 4.18. The maximum atomic E-state index is 12.5. The Labute approximate surface area is 131 Å². The first-order valence-corrected chi connectivity index (χ1v) is 7.76. The van der Waals surface area contributed by atoms with Gasteiger partial charge in [-0.05, 0) is 17.7 Å². The molecule has 0 radical (unpaired) electrons. The van der Waals surface area contributed by atoms with E-state index in [2.05, 4.69) is 15.3 Å². The van der Waals surface area contributed by atoms with Gasteiger partial charge in [-0.2, -0.15) is 9.61 Å². The Bertz CT molecular complexity index is 874. The lowest BCUT2D eigenvalue weighted by molar-refractivity contribution is 0.542. The van der Waals surface area contributed by atoms with E-state index < -0.39 is 0 Å². The molecular weight excluding hydrogens is 298 g/mol. The van der Waals surface area contributed by atoms with E-state index in [0.29, 0.717) is 17.1 Å². The summed E-state index contributed by atoms with van der Waals surface area (Å²) in [6, 6.07) is 7.62. The van der Waals surface area contributed by atoms with Crippen LogP contribution >= 0.6 is 11.3 Å². The monoisotopic (exact) mass is 315 g/mol. The molecule has 0 aliphatic heterocycles. The first-order chi connectivity index (χ1) is 10.3. The standard InChI is InChI=1S/C15H17N5OS/c1-15(2,3)12-13(21)20-14(18-17-12)22-11(19-20)8-9-4-6-10(16)7-5-9/h4-7H,8,16H2,1-3H3. The average molecular weight is 315 g/mol. The zero-order chi connectivity index (χ0) is 15.9. The number of hydrogen-bond acceptors (Lipinski definition) is 6. The Morgan fingerprint density at radius 3 is 2.50 bits per heavy atom. The summed E-state index contributed by atoms with van der Waals surface area (Å²) in [5.41, 5.74) is 7.37. The predicted octanol–water partition coefficient (Wildman–Crippen LogP) is 2.02. The second-order valence-corrected chi connectivity index (χ2v) is 7.25. The summed E-state index contributed by atoms with van der Waals surface area (Å²) >= 11 is 1.38. The normalized spacial score (nSPS) is 12.0. The number of anilines is 1. The van der Waals surface area contributed by atoms with Gasteiger partial charge in [-0.1, -0.05) is 44.2 Å². The Hall–Kier alpha value is -2.28. The van der Waals surface area contributed by atoms with Crippen LogP contribution in [0.2, 0.25) is 0 Å². The van der Waals surface area contributed by atoms with Crippen LogP contribution < -0.4 is 11.3 Å². The van der Waals surface area contributed by atoms with Gasteiger partial charge in [0.2, 0.25) is 4.96 Å². The Kier molecular flexibility index (Phi) is 3.44. The van der Waals surface area contributed by atoms with Crippen LogP contribution in [0, 0.1) is 0 Å². The number of nitrogen functional groups attached to an aromatic ring is 1. The average Bonchev–Trinajstić information content (AvgIpc) is 2.84. The summed E-state index contributed by atoms with van der Waals surface area (Å²) in [7, 11) is 0. The molecule has 0 saturated carbocycles. The zero-order valence-corrected chi connectivity index (χ0v) is 13.5. The van der Waals surface area contributed by atoms with Crippen LogP contribution in [0.5, 0.6) is 0 Å². The van der Waals surface area contributed by atoms with E-state index in [0.717, 1.165) is 16.3 Å². The molecule has 0 aliphatic carbocycles. The minimum absolute atomic E-state index is 0.197. The predicted molar refractivity (Wildman–Crippen MR) is 87.3 cm³/mol. The molecule has 0 bridgehead atoms. The van der Waals surface area contributed by atoms with E-state index in [9.17, 15) is 4.79 Å². The summed E-state index contributed by atoms with van der Waals surface area (Å²) < 4.78 is 1.35. The molecular formula is C15H17N5OS. The third-order valence-electron chi connectivity index (χ3n) is 3.28. The Balaban J connectivity index is 2.01. The van der Waals surface area contributed by atoms with Crippen LogP contribution in [-0.4, -0.2) is 19.8 Å². The molecule has 0 amide bonds. The second kappa shape index (κ2) is 5.17. The number of nitrogens with two attached hydrogens (primary N) is 1. The molecule has 0 spiro atoms. The van der Waals surface area contributed by atoms with Gasteiger partial charge in [0.1, 0.15) is 10.7 Å². The van der Waals surface area contributed by atoms with Crippen molar-refractivity contribution in [2.24, 2.45) is 0 Å². The van der Waals surface area contributed by atoms with E-state index in [1.54, 1.807) is 0 Å². The van der Waals surface area contributed by atoms with Crippen molar-refractivity contribution < 1.29 is 0 Å². The largest absolute Gasteiger partial charge is 0.399 e. The van der Waals surface area contributed by atoms with Gasteiger partial charge in [-0.15, -0.1) is 10.2 Å². The lowest BCUT2D eigenvalue weighted by Crippen LogP contribution is -2.30. The van der Waals surface area contributed by atoms with Crippen LogP contribution in [0.25, 0.3) is 4.96 Å². The van der Waals surface area contributed by atoms with Gasteiger partial charge < -0.3 is 5.73 Å². The summed E-state index contributed by atoms with van der Waals surface area (Å²) in [6.07, 6.45) is 0.637. The number of rotatable bonds is 2. The molecule has 2 N–H and O–H groups in total. The highest BCUT2D eigenvalue weighted by Gasteiger charge is 2.23. The molecule has 0 fully saturated rings. The number of aromatic nitrogens is 4. The minimum Gasteiger partial charge on any atom is -0.399 e. The Morgan fingerprint density at radius 1 is 1.18 bits per heavy atom. The van der Waals surface area contributed by atoms with E-state index in [1.165, 1.54) is 15.9 Å². The summed E-state index contributed by atoms with van der Waals surface area (Å²) in [5.74, 6) is 0. The van der Waals surface area contributed by atoms with Gasteiger partial charge in [-0.3, -0.25) is 4.79 Å². The SMILES string of the molecule is CC(C)(C)c1nnc2sc(Cc3ccc(N)cc3)nn2c1=O. The van der Waals surface area contributed by atoms with Gasteiger partial charge in [0.15, 0.2) is 0 Å². The molecule has 2 aromatic heterocycles. The first-order valence-electron chi connectivity index (χ1n) is 6.95. The van der Waals surface area contributed by atoms with Crippen molar-refractivity contribution in [2.75, 3.05) is 5.73 Å². The fourth-order valence-corrected chi connectivity index (χ4v) is 2.97. The smallest absolute Gasteiger partial charge is 0.297 e. The van der Waals surface area contributed by atoms with Gasteiger partial charge >= 0.3 is 0 Å². The second-order valence-electron chi connectivity index (χ2n) is 6.21. The molecule has 0 atom stereocenters. The summed E-state index contributed by atoms with van der Waals surface area (Å²) in [6.45, 7) is 5.81. The number of hydrogen-bond donors (Lipinski definition) is 1. The molecule has 114 valence electrons. The first kappa shape index (κ1) is 14.6. The lowest BCUT2D eigenvalue weighted by atomic mass is 9.93. The van der Waals surface area contributed by atoms with E-state index in [4.69, 9.17) is 5.73 Å². The van der Waals surface area contributed by atoms with Crippen molar-refractivity contribution >= 4 is 22.0 Å². The van der Waals surface area contributed by atoms with Crippen LogP contribution in [0.4, 0.5) is 5.69 Å². The summed E-state index contributed by atoms with van der Waals surface area (Å²) in [5, 5.41) is 13.4. The molecule has 6 nitrogen and oxygen atoms in total. The highest BCUT2D eigenvalue weighted by molar-refractivity contribution is 7.16. The molecule has 2 heterocycles. The van der Waals surface area contributed by atoms with Gasteiger partial charge in [-0.25, -0.2) is 0 Å². The molecule has 3 rings (SSSR count). The maximum absolute atomic E-state index is 12.5. The van der Waals surface area contributed by atoms with Crippen molar-refractivity contribution in [3.05, 3.63) is 50.9 Å². The number of nitrogens with zero attached hydrogens (tertiary/aromatic N) is 4. The molecule has 0 saturated heterocycles. The topological polar surface area (TPSA) is 86.2 Å². The third kappa shape index (κ3) is 2.71. The van der Waals surface area contributed by atoms with Gasteiger partial charge in [0.05, 0.1) is 0 Å². The zero-order valence-electron chi connectivity index (χ0n) is 12.7. The van der Waals surface area contributed by atoms with Gasteiger partial charge in [0.25, 0.3) is 5.56 Å². The van der Waals surface area contributed by atoms with Crippen molar-refractivity contribution in [3.63, 3.8) is 0 Å². The van der Waals surface area contributed by atoms with Crippen LogP contribution in [0.1, 0.15) is 37.0 Å². The van der Waals surface area contributed by atoms with Crippen molar-refractivity contribution in [2.45, 2.75) is 32.6 Å². The quantitative estimate of drug-likeness (QED) is 0.731. The van der Waals surface area contributed by atoms with Crippen LogP contribution in [-0.2, 0) is 11.8 Å². The van der Waals surface area contributed by atoms with Gasteiger partial charge in [0, 0.05) is 17.5 Å². The fourth-order valence-electron chi connectivity index (χ4n) is 2.11.